The van der Waals surface area contributed by atoms with Crippen LogP contribution in [0.2, 0.25) is 5.02 Å². The van der Waals surface area contributed by atoms with Gasteiger partial charge < -0.3 is 27.6 Å². The van der Waals surface area contributed by atoms with Gasteiger partial charge in [-0.1, -0.05) is 116 Å². The maximum Gasteiger partial charge on any atom is 0.320 e. The molecule has 0 spiro atoms. The molecule has 0 fully saturated rings. The van der Waals surface area contributed by atoms with Crippen LogP contribution < -0.4 is 10.1 Å². The number of benzene rings is 5. The van der Waals surface area contributed by atoms with Crippen LogP contribution in [0.15, 0.2) is 193 Å². The first-order valence-electron chi connectivity index (χ1n) is 35.0. The molecular weight excluding hydrogens is 1410 g/mol. The van der Waals surface area contributed by atoms with Crippen molar-refractivity contribution >= 4 is 108 Å². The van der Waals surface area contributed by atoms with E-state index in [1.54, 1.807) is 36.7 Å². The van der Waals surface area contributed by atoms with Crippen LogP contribution in [0, 0.1) is 53.4 Å². The van der Waals surface area contributed by atoms with Gasteiger partial charge in [-0.25, -0.2) is 29.9 Å². The molecule has 1 amide bonds. The lowest BCUT2D eigenvalue weighted by molar-refractivity contribution is -0.154. The fraction of sp³-hybridized carbons (Fsp3) is 0.228. The molecule has 2 aliphatic heterocycles. The number of hydrogen-bond donors (Lipinski definition) is 1. The standard InChI is InChI=1S/C17H16N4.C16H16N6O.C16H19N3O3.C16H13N3O2S.C14H10ClN5/c1-11-4-5-14(8-12(11)2)20-7-6-15-16-18-9-13(3)21(16)10-19-17(15)20;1-10-5-4-6-11(2)14(10)23-8-13-19-20-16-12-7-18-21(3)15(12)17-9-22(13)16;1-4-22-15(21)12-13(9(2)3)19-11-8-6-5-7-10(11)17-16(19)18-14(12)20;1-10-4-6-11(7-5-10)15-17-16-19(18-15)14(20)9-13(22-16)12-3-2-8-21-12;1-19-7-6-10-12(19)16-8-20-13(17-18-14(10)20)9-4-2-3-5-11(9)15/h4-10H,1-3H3;4-7,9H,8H2,1-3H3;5-9,12-13H,4H2,1-3H3,(H,17,18,20);2-8,13H,9H2,1H3;2-8H,1H3. The number of nitrogens with zero attached hydrogens (tertiary/aromatic N) is 20. The molecule has 3 atom stereocenters. The Morgan fingerprint density at radius 1 is 0.685 bits per heavy atom. The number of furan rings is 1. The predicted octanol–water partition coefficient (Wildman–Crippen LogP) is 14.8. The molecule has 12 aromatic heterocycles. The summed E-state index contributed by atoms with van der Waals surface area (Å²) in [4.78, 5) is 63.9. The SMILES string of the molecule is CCOC(=O)C1C(=O)Nc2nc3ccccc3n2C1C(C)C.Cc1ccc(-c2nc3n(n2)C(=O)CC(c2ccco2)S3)cc1.Cc1ccc(-n2ccc3c2ncn2c(C)cnc32)cc1C.Cc1cccc(C)c1OCc1nnc2c3cnn(C)c3ncn12.Cn1ccc2c1ncn1c(-c3ccccc3Cl)nnc21. The highest BCUT2D eigenvalue weighted by Gasteiger charge is 2.44. The van der Waals surface area contributed by atoms with E-state index in [9.17, 15) is 14.4 Å². The average Bonchev–Trinajstić information content (AvgIpc) is 1.52. The number of anilines is 1. The second-order valence-electron chi connectivity index (χ2n) is 26.7. The third-order valence-electron chi connectivity index (χ3n) is 19.1. The number of thioether (sulfide) groups is 1. The van der Waals surface area contributed by atoms with Gasteiger partial charge in [-0.3, -0.25) is 37.6 Å². The van der Waals surface area contributed by atoms with Gasteiger partial charge in [-0.2, -0.15) is 9.78 Å². The van der Waals surface area contributed by atoms with Crippen LogP contribution >= 0.6 is 23.4 Å². The van der Waals surface area contributed by atoms with Crippen molar-refractivity contribution in [3.8, 4) is 34.2 Å². The fourth-order valence-corrected chi connectivity index (χ4v) is 14.7. The van der Waals surface area contributed by atoms with E-state index in [4.69, 9.17) is 25.5 Å². The minimum absolute atomic E-state index is 0.0370. The van der Waals surface area contributed by atoms with Crippen molar-refractivity contribution in [3.63, 3.8) is 0 Å². The molecular formula is C79H74ClN21O6S. The smallest absolute Gasteiger partial charge is 0.320 e. The lowest BCUT2D eigenvalue weighted by atomic mass is 9.88. The molecule has 0 saturated heterocycles. The second-order valence-corrected chi connectivity index (χ2v) is 28.2. The highest BCUT2D eigenvalue weighted by atomic mass is 35.5. The third-order valence-corrected chi connectivity index (χ3v) is 20.6. The van der Waals surface area contributed by atoms with Crippen LogP contribution in [-0.2, 0) is 35.0 Å². The number of ether oxygens (including phenoxy) is 2. The number of amides is 1. The number of rotatable bonds is 10. The van der Waals surface area contributed by atoms with Crippen molar-refractivity contribution in [2.75, 3.05) is 11.9 Å². The first-order chi connectivity index (χ1) is 52.3. The summed E-state index contributed by atoms with van der Waals surface area (Å²) in [6.07, 6.45) is 14.9. The van der Waals surface area contributed by atoms with Crippen LogP contribution in [0.1, 0.15) is 88.4 Å². The van der Waals surface area contributed by atoms with E-state index in [0.29, 0.717) is 46.6 Å². The summed E-state index contributed by atoms with van der Waals surface area (Å²) in [6, 6.07) is 43.2. The Bertz CT molecular complexity index is 6220. The van der Waals surface area contributed by atoms with Crippen LogP contribution in [-0.4, -0.2) is 121 Å². The van der Waals surface area contributed by atoms with Crippen LogP contribution in [0.5, 0.6) is 5.75 Å². The quantitative estimate of drug-likeness (QED) is 0.0983. The summed E-state index contributed by atoms with van der Waals surface area (Å²) >= 11 is 7.74. The molecule has 0 radical (unpaired) electrons. The summed E-state index contributed by atoms with van der Waals surface area (Å²) < 4.78 is 31.4. The molecule has 19 rings (SSSR count). The average molecular weight is 1480 g/mol. The molecule has 0 saturated carbocycles. The van der Waals surface area contributed by atoms with Crippen LogP contribution in [0.25, 0.3) is 89.5 Å². The van der Waals surface area contributed by atoms with Gasteiger partial charge in [0.2, 0.25) is 11.9 Å². The molecule has 29 heteroatoms. The Morgan fingerprint density at radius 2 is 1.41 bits per heavy atom. The molecule has 14 heterocycles. The highest BCUT2D eigenvalue weighted by molar-refractivity contribution is 7.99. The second kappa shape index (κ2) is 29.7. The highest BCUT2D eigenvalue weighted by Crippen LogP contribution is 2.43. The maximum atomic E-state index is 12.4. The van der Waals surface area contributed by atoms with E-state index in [1.807, 2.05) is 206 Å². The Balaban J connectivity index is 0.000000108. The topological polar surface area (TPSA) is 287 Å². The molecule has 5 aromatic carbocycles. The van der Waals surface area contributed by atoms with Crippen molar-refractivity contribution in [2.45, 2.75) is 91.8 Å². The van der Waals surface area contributed by atoms with Gasteiger partial charge in [0.15, 0.2) is 45.5 Å². The lowest BCUT2D eigenvalue weighted by Crippen LogP contribution is -2.44. The van der Waals surface area contributed by atoms with Gasteiger partial charge in [0.25, 0.3) is 5.91 Å². The molecule has 108 heavy (non-hydrogen) atoms. The summed E-state index contributed by atoms with van der Waals surface area (Å²) in [5.74, 6) is 2.50. The molecule has 0 aliphatic carbocycles. The number of aromatic nitrogens is 20. The summed E-state index contributed by atoms with van der Waals surface area (Å²) in [5, 5.41) is 32.5. The van der Waals surface area contributed by atoms with Gasteiger partial charge in [-0.15, -0.1) is 25.5 Å². The van der Waals surface area contributed by atoms with E-state index in [0.717, 1.165) is 106 Å². The minimum atomic E-state index is -0.856. The number of fused-ring (bicyclic) bond motifs is 13. The molecule has 27 nitrogen and oxygen atoms in total. The number of nitrogens with one attached hydrogen (secondary N) is 1. The number of imidazole rings is 2. The number of halogens is 1. The summed E-state index contributed by atoms with van der Waals surface area (Å²) in [7, 11) is 3.81. The number of para-hydroxylation sites is 3. The van der Waals surface area contributed by atoms with Crippen molar-refractivity contribution in [1.82, 2.24) is 96.8 Å². The van der Waals surface area contributed by atoms with Crippen molar-refractivity contribution < 1.29 is 28.3 Å². The normalized spacial score (nSPS) is 14.6. The molecule has 3 unspecified atom stereocenters. The van der Waals surface area contributed by atoms with Crippen molar-refractivity contribution in [2.24, 2.45) is 25.9 Å². The third kappa shape index (κ3) is 13.5. The Kier molecular flexibility index (Phi) is 19.5. The number of carbonyl (C=O) groups excluding carboxylic acids is 3. The summed E-state index contributed by atoms with van der Waals surface area (Å²) in [6.45, 7) is 18.7. The van der Waals surface area contributed by atoms with E-state index < -0.39 is 11.9 Å². The number of aryl methyl sites for hydroxylation is 8. The van der Waals surface area contributed by atoms with E-state index >= 15 is 0 Å². The van der Waals surface area contributed by atoms with Gasteiger partial charge in [0.05, 0.1) is 62.6 Å². The Hall–Kier alpha value is -12.7. The van der Waals surface area contributed by atoms with Crippen LogP contribution in [0.3, 0.4) is 0 Å². The van der Waals surface area contributed by atoms with Gasteiger partial charge in [0.1, 0.15) is 54.0 Å². The van der Waals surface area contributed by atoms with Gasteiger partial charge in [0, 0.05) is 61.6 Å². The minimum Gasteiger partial charge on any atom is -0.485 e. The number of hydrogen-bond acceptors (Lipinski definition) is 19. The predicted molar refractivity (Wildman–Crippen MR) is 412 cm³/mol. The zero-order chi connectivity index (χ0) is 75.2. The Morgan fingerprint density at radius 3 is 2.18 bits per heavy atom. The zero-order valence-corrected chi connectivity index (χ0v) is 62.5. The molecule has 17 aromatic rings. The van der Waals surface area contributed by atoms with Crippen molar-refractivity contribution in [1.29, 1.82) is 0 Å². The molecule has 0 bridgehead atoms. The molecule has 2 aliphatic rings. The van der Waals surface area contributed by atoms with Gasteiger partial charge in [-0.05, 0) is 137 Å². The Labute approximate surface area is 627 Å². The zero-order valence-electron chi connectivity index (χ0n) is 60.9. The van der Waals surface area contributed by atoms with E-state index in [-0.39, 0.29) is 35.6 Å². The number of carbonyl (C=O) groups is 3. The van der Waals surface area contributed by atoms with Gasteiger partial charge >= 0.3 is 5.97 Å². The molecule has 1 N–H and O–H groups in total. The lowest BCUT2D eigenvalue weighted by Gasteiger charge is -2.34. The van der Waals surface area contributed by atoms with E-state index in [1.165, 1.54) is 33.1 Å². The first-order valence-corrected chi connectivity index (χ1v) is 36.2. The van der Waals surface area contributed by atoms with Crippen LogP contribution in [0.4, 0.5) is 5.95 Å². The monoisotopic (exact) mass is 1480 g/mol. The van der Waals surface area contributed by atoms with Crippen molar-refractivity contribution in [3.05, 3.63) is 234 Å². The largest absolute Gasteiger partial charge is 0.485 e. The number of esters is 1. The molecule has 544 valence electrons. The first kappa shape index (κ1) is 70.9. The summed E-state index contributed by atoms with van der Waals surface area (Å²) in [5.41, 5.74) is 16.8. The van der Waals surface area contributed by atoms with E-state index in [2.05, 4.69) is 115 Å². The fourth-order valence-electron chi connectivity index (χ4n) is 13.3. The maximum absolute atomic E-state index is 12.4.